The minimum atomic E-state index is 0.354. The van der Waals surface area contributed by atoms with Crippen molar-refractivity contribution in [1.82, 2.24) is 24.5 Å². The van der Waals surface area contributed by atoms with Gasteiger partial charge in [-0.05, 0) is 13.8 Å². The molecule has 0 aliphatic carbocycles. The largest absolute Gasteiger partial charge is 0.464 e. The summed E-state index contributed by atoms with van der Waals surface area (Å²) >= 11 is 0. The molecule has 3 rings (SSSR count). The lowest BCUT2D eigenvalue weighted by Gasteiger charge is -2.27. The van der Waals surface area contributed by atoms with Crippen LogP contribution >= 0.6 is 0 Å². The van der Waals surface area contributed by atoms with Gasteiger partial charge in [-0.2, -0.15) is 15.0 Å². The van der Waals surface area contributed by atoms with Gasteiger partial charge in [0.25, 0.3) is 0 Å². The van der Waals surface area contributed by atoms with E-state index < -0.39 is 0 Å². The van der Waals surface area contributed by atoms with Crippen LogP contribution < -0.4 is 15.0 Å². The predicted molar refractivity (Wildman–Crippen MR) is 78.4 cm³/mol. The van der Waals surface area contributed by atoms with Crippen molar-refractivity contribution in [2.24, 2.45) is 0 Å². The summed E-state index contributed by atoms with van der Waals surface area (Å²) in [6, 6.07) is 0.354. The van der Waals surface area contributed by atoms with Crippen molar-refractivity contribution in [1.29, 1.82) is 0 Å². The van der Waals surface area contributed by atoms with Gasteiger partial charge in [0.05, 0.1) is 13.2 Å². The summed E-state index contributed by atoms with van der Waals surface area (Å²) in [6.45, 7) is 7.59. The van der Waals surface area contributed by atoms with E-state index >= 15 is 0 Å². The third kappa shape index (κ3) is 2.88. The molecule has 112 valence electrons. The van der Waals surface area contributed by atoms with Gasteiger partial charge >= 0.3 is 6.01 Å². The van der Waals surface area contributed by atoms with Crippen molar-refractivity contribution in [3.8, 4) is 6.01 Å². The molecule has 3 heterocycles. The van der Waals surface area contributed by atoms with Crippen LogP contribution in [0.1, 0.15) is 19.7 Å². The number of nitrogens with zero attached hydrogens (tertiary/aromatic N) is 6. The fourth-order valence-corrected chi connectivity index (χ4v) is 2.26. The first-order valence-electron chi connectivity index (χ1n) is 7.17. The third-order valence-electron chi connectivity index (χ3n) is 3.24. The Morgan fingerprint density at radius 1 is 1.24 bits per heavy atom. The summed E-state index contributed by atoms with van der Waals surface area (Å²) in [4.78, 5) is 19.5. The molecule has 8 nitrogen and oxygen atoms in total. The molecule has 0 saturated carbocycles. The number of ether oxygens (including phenoxy) is 1. The Kier molecular flexibility index (Phi) is 3.85. The van der Waals surface area contributed by atoms with E-state index in [-0.39, 0.29) is 0 Å². The Balaban J connectivity index is 1.87. The Hall–Kier alpha value is -2.38. The zero-order valence-corrected chi connectivity index (χ0v) is 12.3. The molecule has 8 heteroatoms. The van der Waals surface area contributed by atoms with Crippen molar-refractivity contribution in [3.05, 3.63) is 18.2 Å². The van der Waals surface area contributed by atoms with Crippen molar-refractivity contribution in [3.63, 3.8) is 0 Å². The number of nitrogens with one attached hydrogen (secondary N) is 1. The summed E-state index contributed by atoms with van der Waals surface area (Å²) in [5.74, 6) is 2.18. The van der Waals surface area contributed by atoms with Gasteiger partial charge in [0.1, 0.15) is 5.82 Å². The van der Waals surface area contributed by atoms with Crippen LogP contribution in [0.2, 0.25) is 0 Å². The van der Waals surface area contributed by atoms with Gasteiger partial charge in [-0.25, -0.2) is 4.98 Å². The maximum absolute atomic E-state index is 5.43. The van der Waals surface area contributed by atoms with Crippen molar-refractivity contribution < 1.29 is 4.74 Å². The quantitative estimate of drug-likeness (QED) is 0.876. The summed E-state index contributed by atoms with van der Waals surface area (Å²) < 4.78 is 7.57. The summed E-state index contributed by atoms with van der Waals surface area (Å²) in [7, 11) is 0. The molecule has 0 spiro atoms. The monoisotopic (exact) mass is 289 g/mol. The Morgan fingerprint density at radius 2 is 2.14 bits per heavy atom. The highest BCUT2D eigenvalue weighted by atomic mass is 16.5. The van der Waals surface area contributed by atoms with E-state index in [0.29, 0.717) is 31.1 Å². The molecule has 0 unspecified atom stereocenters. The number of aromatic nitrogens is 5. The highest BCUT2D eigenvalue weighted by molar-refractivity contribution is 5.39. The lowest BCUT2D eigenvalue weighted by Crippen LogP contribution is -2.35. The van der Waals surface area contributed by atoms with Gasteiger partial charge in [-0.15, -0.1) is 0 Å². The maximum Gasteiger partial charge on any atom is 0.323 e. The number of hydrogen-bond acceptors (Lipinski definition) is 7. The van der Waals surface area contributed by atoms with Gasteiger partial charge in [0, 0.05) is 32.0 Å². The fraction of sp³-hybridized carbons (Fsp3) is 0.538. The van der Waals surface area contributed by atoms with Crippen molar-refractivity contribution in [2.75, 3.05) is 29.9 Å². The average molecular weight is 289 g/mol. The highest BCUT2D eigenvalue weighted by Crippen LogP contribution is 2.19. The molecule has 1 N–H and O–H groups in total. The van der Waals surface area contributed by atoms with Crippen molar-refractivity contribution in [2.45, 2.75) is 26.9 Å². The molecule has 0 saturated heterocycles. The third-order valence-corrected chi connectivity index (χ3v) is 3.24. The second kappa shape index (κ2) is 5.94. The first-order valence-corrected chi connectivity index (χ1v) is 7.17. The molecule has 0 atom stereocenters. The van der Waals surface area contributed by atoms with E-state index in [1.807, 2.05) is 26.2 Å². The van der Waals surface area contributed by atoms with Crippen LogP contribution in [0.15, 0.2) is 12.4 Å². The van der Waals surface area contributed by atoms with E-state index in [1.165, 1.54) is 0 Å². The van der Waals surface area contributed by atoms with Crippen LogP contribution in [0.5, 0.6) is 6.01 Å². The second-order valence-electron chi connectivity index (χ2n) is 4.66. The van der Waals surface area contributed by atoms with Gasteiger partial charge < -0.3 is 19.5 Å². The zero-order chi connectivity index (χ0) is 14.7. The number of rotatable bonds is 5. The van der Waals surface area contributed by atoms with Gasteiger partial charge in [-0.3, -0.25) is 0 Å². The lowest BCUT2D eigenvalue weighted by molar-refractivity contribution is 0.311. The highest BCUT2D eigenvalue weighted by Gasteiger charge is 2.20. The molecule has 0 bridgehead atoms. The number of anilines is 2. The van der Waals surface area contributed by atoms with Gasteiger partial charge in [0.15, 0.2) is 0 Å². The number of hydrogen-bond donors (Lipinski definition) is 1. The molecule has 0 aromatic carbocycles. The van der Waals surface area contributed by atoms with Gasteiger partial charge in [0.2, 0.25) is 11.9 Å². The van der Waals surface area contributed by atoms with Crippen LogP contribution in [0.3, 0.4) is 0 Å². The maximum atomic E-state index is 5.43. The number of fused-ring (bicyclic) bond motifs is 1. The number of imidazole rings is 1. The molecule has 0 radical (unpaired) electrons. The second-order valence-corrected chi connectivity index (χ2v) is 4.66. The SMILES string of the molecule is CCNc1nc(OCC)nc(N2CCn3ccnc3C2)n1. The molecule has 0 fully saturated rings. The average Bonchev–Trinajstić information content (AvgIpc) is 2.95. The van der Waals surface area contributed by atoms with E-state index in [0.717, 1.165) is 25.5 Å². The molecule has 1 aliphatic rings. The van der Waals surface area contributed by atoms with Crippen LogP contribution in [-0.2, 0) is 13.1 Å². The molecule has 21 heavy (non-hydrogen) atoms. The van der Waals surface area contributed by atoms with Crippen LogP contribution in [0.4, 0.5) is 11.9 Å². The lowest BCUT2D eigenvalue weighted by atomic mass is 10.4. The minimum Gasteiger partial charge on any atom is -0.464 e. The Labute approximate surface area is 123 Å². The molecular weight excluding hydrogens is 270 g/mol. The Morgan fingerprint density at radius 3 is 2.95 bits per heavy atom. The topological polar surface area (TPSA) is 81.0 Å². The van der Waals surface area contributed by atoms with E-state index in [2.05, 4.69) is 34.7 Å². The zero-order valence-electron chi connectivity index (χ0n) is 12.3. The first-order chi connectivity index (χ1) is 10.3. The summed E-state index contributed by atoms with van der Waals surface area (Å²) in [5.41, 5.74) is 0. The smallest absolute Gasteiger partial charge is 0.323 e. The minimum absolute atomic E-state index is 0.354. The molecule has 2 aromatic rings. The van der Waals surface area contributed by atoms with E-state index in [9.17, 15) is 0 Å². The van der Waals surface area contributed by atoms with Crippen molar-refractivity contribution >= 4 is 11.9 Å². The summed E-state index contributed by atoms with van der Waals surface area (Å²) in [6.07, 6.45) is 3.82. The van der Waals surface area contributed by atoms with Gasteiger partial charge in [-0.1, -0.05) is 0 Å². The molecule has 0 amide bonds. The molecule has 1 aliphatic heterocycles. The molecular formula is C13H19N7O. The normalized spacial score (nSPS) is 13.9. The summed E-state index contributed by atoms with van der Waals surface area (Å²) in [5, 5.41) is 3.11. The van der Waals surface area contributed by atoms with E-state index in [1.54, 1.807) is 0 Å². The van der Waals surface area contributed by atoms with Crippen LogP contribution in [0.25, 0.3) is 0 Å². The first kappa shape index (κ1) is 13.6. The predicted octanol–water partition coefficient (Wildman–Crippen LogP) is 0.919. The van der Waals surface area contributed by atoms with Crippen LogP contribution in [-0.4, -0.2) is 44.2 Å². The Bertz CT molecular complexity index is 588. The molecule has 2 aromatic heterocycles. The van der Waals surface area contributed by atoms with E-state index in [4.69, 9.17) is 4.74 Å². The van der Waals surface area contributed by atoms with Crippen LogP contribution in [0, 0.1) is 0 Å². The standard InChI is InChI=1S/C13H19N7O/c1-3-14-11-16-12(18-13(17-11)21-4-2)20-8-7-19-6-5-15-10(19)9-20/h5-6H,3-4,7-9H2,1-2H3,(H,14,16,17,18). The fourth-order valence-electron chi connectivity index (χ4n) is 2.26.